The van der Waals surface area contributed by atoms with Gasteiger partial charge in [0.2, 0.25) is 11.8 Å². The molecule has 0 saturated carbocycles. The number of aromatic nitrogens is 2. The van der Waals surface area contributed by atoms with E-state index in [1.54, 1.807) is 6.92 Å². The molecule has 2 N–H and O–H groups in total. The normalized spacial score (nSPS) is 10.4. The Labute approximate surface area is 111 Å². The van der Waals surface area contributed by atoms with Crippen molar-refractivity contribution in [2.45, 2.75) is 20.0 Å². The van der Waals surface area contributed by atoms with E-state index >= 15 is 0 Å². The van der Waals surface area contributed by atoms with Gasteiger partial charge in [0.1, 0.15) is 0 Å². The van der Waals surface area contributed by atoms with Gasteiger partial charge in [0.25, 0.3) is 0 Å². The molecule has 2 aromatic rings. The molecule has 0 fully saturated rings. The number of hydrogen-bond donors (Lipinski definition) is 2. The van der Waals surface area contributed by atoms with Crippen molar-refractivity contribution in [3.8, 4) is 0 Å². The van der Waals surface area contributed by atoms with Gasteiger partial charge in [-0.2, -0.15) is 4.98 Å². The van der Waals surface area contributed by atoms with Gasteiger partial charge < -0.3 is 9.84 Å². The summed E-state index contributed by atoms with van der Waals surface area (Å²) in [5.41, 5.74) is 1.07. The van der Waals surface area contributed by atoms with Crippen molar-refractivity contribution in [2.24, 2.45) is 0 Å². The monoisotopic (exact) mass is 260 g/mol. The summed E-state index contributed by atoms with van der Waals surface area (Å²) in [7, 11) is 0. The Kier molecular flexibility index (Phi) is 4.63. The predicted octanol–water partition coefficient (Wildman–Crippen LogP) is 0.784. The molecule has 1 aromatic heterocycles. The molecule has 0 atom stereocenters. The summed E-state index contributed by atoms with van der Waals surface area (Å²) < 4.78 is 4.92. The molecule has 0 spiro atoms. The van der Waals surface area contributed by atoms with E-state index < -0.39 is 0 Å². The molecule has 0 aliphatic rings. The molecule has 0 unspecified atom stereocenters. The van der Waals surface area contributed by atoms with Gasteiger partial charge in [-0.25, -0.2) is 0 Å². The van der Waals surface area contributed by atoms with Crippen LogP contribution in [0.25, 0.3) is 0 Å². The van der Waals surface area contributed by atoms with E-state index in [1.807, 2.05) is 30.3 Å². The maximum atomic E-state index is 11.6. The first-order valence-corrected chi connectivity index (χ1v) is 6.04. The Morgan fingerprint density at radius 1 is 1.26 bits per heavy atom. The van der Waals surface area contributed by atoms with E-state index in [1.165, 1.54) is 0 Å². The number of nitrogens with zero attached hydrogens (tertiary/aromatic N) is 2. The molecule has 0 aliphatic carbocycles. The first-order chi connectivity index (χ1) is 9.24. The fourth-order valence-corrected chi connectivity index (χ4v) is 1.55. The maximum absolute atomic E-state index is 11.6. The fourth-order valence-electron chi connectivity index (χ4n) is 1.55. The van der Waals surface area contributed by atoms with Crippen LogP contribution in [-0.4, -0.2) is 22.6 Å². The number of rotatable bonds is 6. The number of amides is 1. The van der Waals surface area contributed by atoms with Crippen molar-refractivity contribution in [3.63, 3.8) is 0 Å². The SMILES string of the molecule is Cc1noc(CNCC(=O)NCc2ccccc2)n1. The Morgan fingerprint density at radius 2 is 2.05 bits per heavy atom. The van der Waals surface area contributed by atoms with Gasteiger partial charge in [0, 0.05) is 6.54 Å². The van der Waals surface area contributed by atoms with Crippen molar-refractivity contribution < 1.29 is 9.32 Å². The van der Waals surface area contributed by atoms with Gasteiger partial charge in [0.05, 0.1) is 13.1 Å². The summed E-state index contributed by atoms with van der Waals surface area (Å²) in [6.07, 6.45) is 0. The highest BCUT2D eigenvalue weighted by Gasteiger charge is 2.04. The molecule has 1 amide bonds. The third kappa shape index (κ3) is 4.51. The van der Waals surface area contributed by atoms with Crippen LogP contribution >= 0.6 is 0 Å². The fraction of sp³-hybridized carbons (Fsp3) is 0.308. The second-order valence-electron chi connectivity index (χ2n) is 4.10. The lowest BCUT2D eigenvalue weighted by molar-refractivity contribution is -0.120. The van der Waals surface area contributed by atoms with E-state index in [-0.39, 0.29) is 12.5 Å². The second kappa shape index (κ2) is 6.65. The summed E-state index contributed by atoms with van der Waals surface area (Å²) >= 11 is 0. The van der Waals surface area contributed by atoms with E-state index in [9.17, 15) is 4.79 Å². The largest absolute Gasteiger partial charge is 0.351 e. The highest BCUT2D eigenvalue weighted by molar-refractivity contribution is 5.77. The molecule has 100 valence electrons. The van der Waals surface area contributed by atoms with Crippen molar-refractivity contribution in [1.29, 1.82) is 0 Å². The van der Waals surface area contributed by atoms with Crippen LogP contribution in [0.3, 0.4) is 0 Å². The third-order valence-electron chi connectivity index (χ3n) is 2.46. The van der Waals surface area contributed by atoms with Gasteiger partial charge in [-0.3, -0.25) is 10.1 Å². The minimum atomic E-state index is -0.0694. The average Bonchev–Trinajstić information content (AvgIpc) is 2.83. The van der Waals surface area contributed by atoms with E-state index in [0.29, 0.717) is 24.8 Å². The first kappa shape index (κ1) is 13.2. The van der Waals surface area contributed by atoms with Crippen LogP contribution in [-0.2, 0) is 17.9 Å². The molecule has 6 nitrogen and oxygen atoms in total. The minimum Gasteiger partial charge on any atom is -0.351 e. The van der Waals surface area contributed by atoms with Gasteiger partial charge in [-0.15, -0.1) is 0 Å². The molecule has 0 aliphatic heterocycles. The summed E-state index contributed by atoms with van der Waals surface area (Å²) in [6.45, 7) is 2.88. The minimum absolute atomic E-state index is 0.0694. The molecule has 1 aromatic carbocycles. The summed E-state index contributed by atoms with van der Waals surface area (Å²) in [6, 6.07) is 9.76. The number of benzene rings is 1. The zero-order chi connectivity index (χ0) is 13.5. The van der Waals surface area contributed by atoms with Gasteiger partial charge in [-0.05, 0) is 12.5 Å². The quantitative estimate of drug-likeness (QED) is 0.802. The van der Waals surface area contributed by atoms with Gasteiger partial charge in [0.15, 0.2) is 5.82 Å². The molecule has 2 rings (SSSR count). The van der Waals surface area contributed by atoms with Crippen LogP contribution in [0.2, 0.25) is 0 Å². The number of aryl methyl sites for hydroxylation is 1. The Morgan fingerprint density at radius 3 is 2.74 bits per heavy atom. The molecule has 19 heavy (non-hydrogen) atoms. The second-order valence-corrected chi connectivity index (χ2v) is 4.10. The molecule has 0 radical (unpaired) electrons. The third-order valence-corrected chi connectivity index (χ3v) is 2.46. The number of carbonyl (C=O) groups is 1. The lowest BCUT2D eigenvalue weighted by Gasteiger charge is -2.05. The zero-order valence-electron chi connectivity index (χ0n) is 10.7. The summed E-state index contributed by atoms with van der Waals surface area (Å²) in [4.78, 5) is 15.6. The smallest absolute Gasteiger partial charge is 0.240 e. The molecular formula is C13H16N4O2. The molecule has 0 bridgehead atoms. The zero-order valence-corrected chi connectivity index (χ0v) is 10.7. The topological polar surface area (TPSA) is 80.0 Å². The highest BCUT2D eigenvalue weighted by Crippen LogP contribution is 1.97. The van der Waals surface area contributed by atoms with Crippen LogP contribution in [0, 0.1) is 6.92 Å². The number of carbonyl (C=O) groups excluding carboxylic acids is 1. The lowest BCUT2D eigenvalue weighted by atomic mass is 10.2. The maximum Gasteiger partial charge on any atom is 0.240 e. The van der Waals surface area contributed by atoms with Crippen LogP contribution in [0.5, 0.6) is 0 Å². The molecule has 0 saturated heterocycles. The number of hydrogen-bond acceptors (Lipinski definition) is 5. The van der Waals surface area contributed by atoms with Crippen molar-refractivity contribution in [3.05, 3.63) is 47.6 Å². The molecule has 6 heteroatoms. The van der Waals surface area contributed by atoms with E-state index in [0.717, 1.165) is 5.56 Å². The number of nitrogens with one attached hydrogen (secondary N) is 2. The Hall–Kier alpha value is -2.21. The van der Waals surface area contributed by atoms with E-state index in [2.05, 4.69) is 20.8 Å². The van der Waals surface area contributed by atoms with Crippen molar-refractivity contribution >= 4 is 5.91 Å². The highest BCUT2D eigenvalue weighted by atomic mass is 16.5. The summed E-state index contributed by atoms with van der Waals surface area (Å²) in [5.74, 6) is 0.999. The van der Waals surface area contributed by atoms with Crippen molar-refractivity contribution in [2.75, 3.05) is 6.54 Å². The predicted molar refractivity (Wildman–Crippen MR) is 69.0 cm³/mol. The van der Waals surface area contributed by atoms with Crippen LogP contribution in [0.4, 0.5) is 0 Å². The van der Waals surface area contributed by atoms with E-state index in [4.69, 9.17) is 4.52 Å². The standard InChI is InChI=1S/C13H16N4O2/c1-10-16-13(19-17-10)9-14-8-12(18)15-7-11-5-3-2-4-6-11/h2-6,14H,7-9H2,1H3,(H,15,18). The summed E-state index contributed by atoms with van der Waals surface area (Å²) in [5, 5.41) is 9.43. The molecular weight excluding hydrogens is 244 g/mol. The average molecular weight is 260 g/mol. The van der Waals surface area contributed by atoms with Crippen LogP contribution in [0.1, 0.15) is 17.3 Å². The van der Waals surface area contributed by atoms with Gasteiger partial charge >= 0.3 is 0 Å². The van der Waals surface area contributed by atoms with Crippen molar-refractivity contribution in [1.82, 2.24) is 20.8 Å². The lowest BCUT2D eigenvalue weighted by Crippen LogP contribution is -2.33. The van der Waals surface area contributed by atoms with Gasteiger partial charge in [-0.1, -0.05) is 35.5 Å². The first-order valence-electron chi connectivity index (χ1n) is 6.04. The Balaban J connectivity index is 1.65. The Bertz CT molecular complexity index is 524. The van der Waals surface area contributed by atoms with Crippen LogP contribution < -0.4 is 10.6 Å². The molecule has 1 heterocycles. The van der Waals surface area contributed by atoms with Crippen LogP contribution in [0.15, 0.2) is 34.9 Å².